The van der Waals surface area contributed by atoms with E-state index in [9.17, 15) is 17.8 Å². The summed E-state index contributed by atoms with van der Waals surface area (Å²) in [6.07, 6.45) is 0.521. The molecule has 1 aromatic carbocycles. The number of rotatable bonds is 4. The van der Waals surface area contributed by atoms with Crippen LogP contribution >= 0.6 is 0 Å². The molecule has 0 atom stereocenters. The highest BCUT2D eigenvalue weighted by atomic mass is 32.2. The molecule has 5 nitrogen and oxygen atoms in total. The summed E-state index contributed by atoms with van der Waals surface area (Å²) in [6.45, 7) is 0. The van der Waals surface area contributed by atoms with Crippen LogP contribution in [0.25, 0.3) is 0 Å². The molecule has 0 amide bonds. The van der Waals surface area contributed by atoms with Crippen LogP contribution in [0.1, 0.15) is 10.4 Å². The van der Waals surface area contributed by atoms with Crippen LogP contribution in [-0.2, 0) is 10.1 Å². The van der Waals surface area contributed by atoms with Crippen molar-refractivity contribution in [3.63, 3.8) is 0 Å². The average Bonchev–Trinajstić information content (AvgIpc) is 2.14. The first-order valence-corrected chi connectivity index (χ1v) is 5.21. The molecule has 0 aromatic heterocycles. The van der Waals surface area contributed by atoms with Gasteiger partial charge >= 0.3 is 0 Å². The van der Waals surface area contributed by atoms with E-state index in [1.54, 1.807) is 12.1 Å². The van der Waals surface area contributed by atoms with Crippen molar-refractivity contribution in [2.75, 3.05) is 5.94 Å². The van der Waals surface area contributed by atoms with Crippen LogP contribution in [0.5, 0.6) is 5.75 Å². The maximum Gasteiger partial charge on any atom is 0.177 e. The van der Waals surface area contributed by atoms with Crippen molar-refractivity contribution in [1.29, 1.82) is 0 Å². The van der Waals surface area contributed by atoms with Crippen LogP contribution in [0.4, 0.5) is 0 Å². The van der Waals surface area contributed by atoms with E-state index in [1.807, 2.05) is 0 Å². The number of carbonyl (C=O) groups is 1. The second-order valence-electron chi connectivity index (χ2n) is 2.48. The Balaban J connectivity index is 2.81. The maximum absolute atomic E-state index is 10.4. The van der Waals surface area contributed by atoms with E-state index in [0.29, 0.717) is 6.29 Å². The minimum absolute atomic E-state index is 0.0851. The van der Waals surface area contributed by atoms with E-state index in [4.69, 9.17) is 0 Å². The van der Waals surface area contributed by atoms with Crippen molar-refractivity contribution in [3.8, 4) is 5.75 Å². The highest BCUT2D eigenvalue weighted by Crippen LogP contribution is 2.15. The van der Waals surface area contributed by atoms with Gasteiger partial charge in [0.25, 0.3) is 0 Å². The zero-order valence-electron chi connectivity index (χ0n) is 7.04. The Morgan fingerprint density at radius 2 is 2.00 bits per heavy atom. The first kappa shape index (κ1) is 10.7. The van der Waals surface area contributed by atoms with E-state index in [1.165, 1.54) is 12.1 Å². The largest absolute Gasteiger partial charge is 0.745 e. The molecule has 0 radical (unpaired) electrons. The van der Waals surface area contributed by atoms with E-state index >= 15 is 0 Å². The minimum atomic E-state index is -4.44. The molecule has 0 bridgehead atoms. The SMILES string of the molecule is O=Cc1ccccc1OCS(=O)(=O)[O-]. The summed E-state index contributed by atoms with van der Waals surface area (Å²) in [5.74, 6) is -0.889. The van der Waals surface area contributed by atoms with Gasteiger partial charge in [-0.2, -0.15) is 0 Å². The van der Waals surface area contributed by atoms with Crippen LogP contribution in [0.2, 0.25) is 0 Å². The van der Waals surface area contributed by atoms with Crippen molar-refractivity contribution in [3.05, 3.63) is 29.8 Å². The number of aldehydes is 1. The number of hydrogen-bond acceptors (Lipinski definition) is 5. The third-order valence-electron chi connectivity index (χ3n) is 1.40. The third-order valence-corrected chi connectivity index (χ3v) is 1.81. The monoisotopic (exact) mass is 215 g/mol. The maximum atomic E-state index is 10.4. The Labute approximate surface area is 81.1 Å². The van der Waals surface area contributed by atoms with Gasteiger partial charge in [-0.15, -0.1) is 0 Å². The van der Waals surface area contributed by atoms with Crippen molar-refractivity contribution in [2.24, 2.45) is 0 Å². The van der Waals surface area contributed by atoms with Gasteiger partial charge in [-0.25, -0.2) is 8.42 Å². The molecule has 6 heteroatoms. The van der Waals surface area contributed by atoms with Gasteiger partial charge in [0.15, 0.2) is 12.2 Å². The lowest BCUT2D eigenvalue weighted by Gasteiger charge is -2.10. The molecule has 1 rings (SSSR count). The number of carbonyl (C=O) groups excluding carboxylic acids is 1. The van der Waals surface area contributed by atoms with Gasteiger partial charge in [0, 0.05) is 0 Å². The van der Waals surface area contributed by atoms with Crippen molar-refractivity contribution >= 4 is 16.4 Å². The Morgan fingerprint density at radius 3 is 2.57 bits per heavy atom. The predicted molar refractivity (Wildman–Crippen MR) is 47.0 cm³/mol. The van der Waals surface area contributed by atoms with Gasteiger partial charge in [-0.05, 0) is 12.1 Å². The van der Waals surface area contributed by atoms with Gasteiger partial charge < -0.3 is 9.29 Å². The van der Waals surface area contributed by atoms with E-state index in [0.717, 1.165) is 0 Å². The first-order chi connectivity index (χ1) is 6.53. The topological polar surface area (TPSA) is 83.5 Å². The number of para-hydroxylation sites is 1. The molecule has 0 fully saturated rings. The molecule has 0 N–H and O–H groups in total. The van der Waals surface area contributed by atoms with E-state index < -0.39 is 16.1 Å². The zero-order chi connectivity index (χ0) is 10.6. The molecule has 0 heterocycles. The first-order valence-electron chi connectivity index (χ1n) is 3.63. The fraction of sp³-hybridized carbons (Fsp3) is 0.125. The molecule has 0 aliphatic rings. The quantitative estimate of drug-likeness (QED) is 0.535. The normalized spacial score (nSPS) is 10.9. The Kier molecular flexibility index (Phi) is 3.21. The fourth-order valence-electron chi connectivity index (χ4n) is 0.845. The Morgan fingerprint density at radius 1 is 1.36 bits per heavy atom. The van der Waals surface area contributed by atoms with Crippen molar-refractivity contribution in [1.82, 2.24) is 0 Å². The summed E-state index contributed by atoms with van der Waals surface area (Å²) in [5.41, 5.74) is 0.205. The summed E-state index contributed by atoms with van der Waals surface area (Å²) in [6, 6.07) is 6.04. The molecule has 1 aromatic rings. The summed E-state index contributed by atoms with van der Waals surface area (Å²) in [7, 11) is -4.44. The molecule has 0 unspecified atom stereocenters. The second-order valence-corrected chi connectivity index (χ2v) is 3.83. The van der Waals surface area contributed by atoms with Crippen LogP contribution in [0, 0.1) is 0 Å². The highest BCUT2D eigenvalue weighted by molar-refractivity contribution is 7.85. The highest BCUT2D eigenvalue weighted by Gasteiger charge is 2.02. The van der Waals surface area contributed by atoms with Gasteiger partial charge in [0.05, 0.1) is 5.56 Å². The van der Waals surface area contributed by atoms with Crippen LogP contribution in [0.3, 0.4) is 0 Å². The summed E-state index contributed by atoms with van der Waals surface area (Å²) in [4.78, 5) is 10.4. The lowest BCUT2D eigenvalue weighted by Crippen LogP contribution is -2.11. The average molecular weight is 215 g/mol. The summed E-state index contributed by atoms with van der Waals surface area (Å²) >= 11 is 0. The lowest BCUT2D eigenvalue weighted by molar-refractivity contribution is 0.112. The number of ether oxygens (including phenoxy) is 1. The Bertz CT molecular complexity index is 423. The van der Waals surface area contributed by atoms with Crippen molar-refractivity contribution < 1.29 is 22.5 Å². The van der Waals surface area contributed by atoms with Crippen LogP contribution in [-0.4, -0.2) is 25.2 Å². The molecule has 76 valence electrons. The molecular formula is C8H7O5S-. The Hall–Kier alpha value is -1.40. The standard InChI is InChI=1S/C8H8O5S/c9-5-7-3-1-2-4-8(7)13-6-14(10,11)12/h1-5H,6H2,(H,10,11,12)/p-1. The zero-order valence-corrected chi connectivity index (χ0v) is 7.86. The molecule has 0 saturated heterocycles. The minimum Gasteiger partial charge on any atom is -0.745 e. The third kappa shape index (κ3) is 3.15. The summed E-state index contributed by atoms with van der Waals surface area (Å²) in [5, 5.41) is 0. The second kappa shape index (κ2) is 4.21. The molecule has 14 heavy (non-hydrogen) atoms. The smallest absolute Gasteiger partial charge is 0.177 e. The summed E-state index contributed by atoms with van der Waals surface area (Å²) < 4.78 is 35.4. The lowest BCUT2D eigenvalue weighted by atomic mass is 10.2. The van der Waals surface area contributed by atoms with Gasteiger partial charge in [0.2, 0.25) is 0 Å². The molecule has 0 aliphatic carbocycles. The fourth-order valence-corrected chi connectivity index (χ4v) is 1.12. The number of benzene rings is 1. The molecule has 0 spiro atoms. The van der Waals surface area contributed by atoms with E-state index in [2.05, 4.69) is 4.74 Å². The predicted octanol–water partition coefficient (Wildman–Crippen LogP) is 0.381. The van der Waals surface area contributed by atoms with E-state index in [-0.39, 0.29) is 11.3 Å². The van der Waals surface area contributed by atoms with Crippen LogP contribution in [0.15, 0.2) is 24.3 Å². The van der Waals surface area contributed by atoms with Gasteiger partial charge in [0.1, 0.15) is 15.9 Å². The van der Waals surface area contributed by atoms with Gasteiger partial charge in [-0.3, -0.25) is 4.79 Å². The van der Waals surface area contributed by atoms with Crippen LogP contribution < -0.4 is 4.74 Å². The molecular weight excluding hydrogens is 208 g/mol. The molecule has 0 aliphatic heterocycles. The molecule has 0 saturated carbocycles. The number of hydrogen-bond donors (Lipinski definition) is 0. The van der Waals surface area contributed by atoms with Gasteiger partial charge in [-0.1, -0.05) is 12.1 Å². The van der Waals surface area contributed by atoms with Crippen molar-refractivity contribution in [2.45, 2.75) is 0 Å².